The van der Waals surface area contributed by atoms with Crippen LogP contribution in [0.15, 0.2) is 40.9 Å². The summed E-state index contributed by atoms with van der Waals surface area (Å²) in [6.07, 6.45) is 0. The van der Waals surface area contributed by atoms with Crippen LogP contribution < -0.4 is 10.1 Å². The lowest BCUT2D eigenvalue weighted by atomic mass is 9.82. The van der Waals surface area contributed by atoms with Gasteiger partial charge in [-0.1, -0.05) is 23.4 Å². The molecule has 0 aliphatic heterocycles. The number of ether oxygens (including phenoxy) is 1. The van der Waals surface area contributed by atoms with E-state index in [1.54, 1.807) is 14.2 Å². The number of methoxy groups -OCH3 is 1. The van der Waals surface area contributed by atoms with E-state index in [2.05, 4.69) is 15.5 Å². The third-order valence-electron chi connectivity index (χ3n) is 6.84. The molecule has 8 nitrogen and oxygen atoms in total. The van der Waals surface area contributed by atoms with E-state index in [-0.39, 0.29) is 5.91 Å². The normalized spacial score (nSPS) is 11.9. The van der Waals surface area contributed by atoms with Crippen LogP contribution >= 0.6 is 0 Å². The van der Waals surface area contributed by atoms with Gasteiger partial charge in [0, 0.05) is 29.1 Å². The van der Waals surface area contributed by atoms with E-state index in [4.69, 9.17) is 19.2 Å². The molecule has 1 amide bonds. The fourth-order valence-corrected chi connectivity index (χ4v) is 4.88. The predicted octanol–water partition coefficient (Wildman–Crippen LogP) is 5.39. The van der Waals surface area contributed by atoms with E-state index in [1.165, 1.54) is 0 Å². The second-order valence-electron chi connectivity index (χ2n) is 9.55. The third-order valence-corrected chi connectivity index (χ3v) is 6.84. The van der Waals surface area contributed by atoms with Gasteiger partial charge in [0.15, 0.2) is 0 Å². The minimum absolute atomic E-state index is 0.0488. The zero-order valence-electron chi connectivity index (χ0n) is 21.5. The molecular formula is C28H29N5O3. The highest BCUT2D eigenvalue weighted by Crippen LogP contribution is 2.41. The van der Waals surface area contributed by atoms with E-state index < -0.39 is 5.41 Å². The molecule has 0 aliphatic rings. The highest BCUT2D eigenvalue weighted by molar-refractivity contribution is 6.13. The first-order valence-corrected chi connectivity index (χ1v) is 11.8. The summed E-state index contributed by atoms with van der Waals surface area (Å²) in [6.45, 7) is 9.52. The van der Waals surface area contributed by atoms with E-state index in [1.807, 2.05) is 71.0 Å². The standard InChI is InChI=1S/C28H29N5O3/c1-14-23(15(2)36-33-14)20-12-21-19(13-22(20)35-7)24-25(30-16(3)31-26(24)32-21)17-9-8-10-18(11-17)28(4,5)27(34)29-6/h8-13H,1-7H3,(H,29,34)(H,30,31,32). The number of amides is 1. The van der Waals surface area contributed by atoms with Crippen molar-refractivity contribution in [3.63, 3.8) is 0 Å². The Morgan fingerprint density at radius 3 is 2.56 bits per heavy atom. The van der Waals surface area contributed by atoms with Crippen molar-refractivity contribution in [3.05, 3.63) is 59.2 Å². The molecule has 36 heavy (non-hydrogen) atoms. The minimum atomic E-state index is -0.696. The summed E-state index contributed by atoms with van der Waals surface area (Å²) >= 11 is 0. The van der Waals surface area contributed by atoms with Crippen LogP contribution in [-0.4, -0.2) is 40.2 Å². The average molecular weight is 484 g/mol. The van der Waals surface area contributed by atoms with E-state index in [9.17, 15) is 4.79 Å². The monoisotopic (exact) mass is 483 g/mol. The Labute approximate surface area is 209 Å². The number of fused-ring (bicyclic) bond motifs is 3. The first-order chi connectivity index (χ1) is 17.1. The molecule has 8 heteroatoms. The maximum atomic E-state index is 12.6. The zero-order valence-corrected chi connectivity index (χ0v) is 21.5. The number of likely N-dealkylation sites (N-methyl/N-ethyl adjacent to an activating group) is 1. The number of hydrogen-bond acceptors (Lipinski definition) is 6. The van der Waals surface area contributed by atoms with Crippen molar-refractivity contribution in [2.24, 2.45) is 0 Å². The first kappa shape index (κ1) is 23.5. The van der Waals surface area contributed by atoms with Gasteiger partial charge in [0.25, 0.3) is 0 Å². The van der Waals surface area contributed by atoms with Gasteiger partial charge in [-0.25, -0.2) is 9.97 Å². The number of aromatic amines is 1. The molecule has 0 atom stereocenters. The molecule has 0 fully saturated rings. The molecule has 2 N–H and O–H groups in total. The summed E-state index contributed by atoms with van der Waals surface area (Å²) in [5.41, 5.74) is 6.17. The number of rotatable bonds is 5. The number of benzene rings is 2. The summed E-state index contributed by atoms with van der Waals surface area (Å²) in [7, 11) is 3.31. The molecule has 5 rings (SSSR count). The van der Waals surface area contributed by atoms with Gasteiger partial charge in [0.2, 0.25) is 5.91 Å². The van der Waals surface area contributed by atoms with Crippen LogP contribution in [0.1, 0.15) is 36.7 Å². The SMILES string of the molecule is CNC(=O)C(C)(C)c1cccc(-c2nc(C)nc3[nH]c4cc(-c5c(C)noc5C)c(OC)cc4c23)c1. The second kappa shape index (κ2) is 8.48. The van der Waals surface area contributed by atoms with Gasteiger partial charge in [-0.15, -0.1) is 0 Å². The Balaban J connectivity index is 1.78. The average Bonchev–Trinajstić information content (AvgIpc) is 3.39. The Morgan fingerprint density at radius 2 is 1.89 bits per heavy atom. The molecule has 3 aromatic heterocycles. The summed E-state index contributed by atoms with van der Waals surface area (Å²) in [5, 5.41) is 8.72. The number of carbonyl (C=O) groups excluding carboxylic acids is 1. The van der Waals surface area contributed by atoms with Crippen molar-refractivity contribution < 1.29 is 14.1 Å². The summed E-state index contributed by atoms with van der Waals surface area (Å²) in [5.74, 6) is 2.04. The lowest BCUT2D eigenvalue weighted by Gasteiger charge is -2.23. The van der Waals surface area contributed by atoms with Crippen LogP contribution in [-0.2, 0) is 10.2 Å². The number of aromatic nitrogens is 4. The lowest BCUT2D eigenvalue weighted by Crippen LogP contribution is -2.37. The van der Waals surface area contributed by atoms with Gasteiger partial charge in [0.1, 0.15) is 23.0 Å². The molecule has 0 bridgehead atoms. The summed E-state index contributed by atoms with van der Waals surface area (Å²) < 4.78 is 11.2. The predicted molar refractivity (Wildman–Crippen MR) is 140 cm³/mol. The maximum Gasteiger partial charge on any atom is 0.229 e. The van der Waals surface area contributed by atoms with Gasteiger partial charge in [-0.05, 0) is 58.4 Å². The minimum Gasteiger partial charge on any atom is -0.496 e. The fourth-order valence-electron chi connectivity index (χ4n) is 4.88. The van der Waals surface area contributed by atoms with E-state index >= 15 is 0 Å². The molecule has 0 saturated heterocycles. The van der Waals surface area contributed by atoms with Gasteiger partial charge < -0.3 is 19.6 Å². The smallest absolute Gasteiger partial charge is 0.229 e. The Hall–Kier alpha value is -4.20. The lowest BCUT2D eigenvalue weighted by molar-refractivity contribution is -0.125. The van der Waals surface area contributed by atoms with Gasteiger partial charge in [-0.3, -0.25) is 4.79 Å². The van der Waals surface area contributed by atoms with Crippen LogP contribution in [0.25, 0.3) is 44.3 Å². The molecule has 0 saturated carbocycles. The number of nitrogens with zero attached hydrogens (tertiary/aromatic N) is 3. The van der Waals surface area contributed by atoms with Crippen LogP contribution in [0.2, 0.25) is 0 Å². The van der Waals surface area contributed by atoms with Gasteiger partial charge in [-0.2, -0.15) is 0 Å². The summed E-state index contributed by atoms with van der Waals surface area (Å²) in [4.78, 5) is 25.6. The number of nitrogens with one attached hydrogen (secondary N) is 2. The fraction of sp³-hybridized carbons (Fsp3) is 0.286. The Morgan fingerprint density at radius 1 is 1.11 bits per heavy atom. The first-order valence-electron chi connectivity index (χ1n) is 11.8. The highest BCUT2D eigenvalue weighted by atomic mass is 16.5. The number of H-pyrrole nitrogens is 1. The van der Waals surface area contributed by atoms with Crippen LogP contribution in [0.3, 0.4) is 0 Å². The van der Waals surface area contributed by atoms with Crippen molar-refractivity contribution in [1.82, 2.24) is 25.4 Å². The van der Waals surface area contributed by atoms with Crippen LogP contribution in [0.4, 0.5) is 0 Å². The molecule has 3 heterocycles. The topological polar surface area (TPSA) is 106 Å². The number of aryl methyl sites for hydroxylation is 3. The zero-order chi connectivity index (χ0) is 25.8. The van der Waals surface area contributed by atoms with E-state index in [0.717, 1.165) is 61.3 Å². The Bertz CT molecular complexity index is 1630. The van der Waals surface area contributed by atoms with Crippen molar-refractivity contribution >= 4 is 27.8 Å². The quantitative estimate of drug-likeness (QED) is 0.347. The number of hydrogen-bond donors (Lipinski definition) is 2. The Kier molecular flexibility index (Phi) is 5.54. The summed E-state index contributed by atoms with van der Waals surface area (Å²) in [6, 6.07) is 12.0. The van der Waals surface area contributed by atoms with Crippen molar-refractivity contribution in [2.75, 3.05) is 14.2 Å². The van der Waals surface area contributed by atoms with Crippen molar-refractivity contribution in [1.29, 1.82) is 0 Å². The molecule has 0 unspecified atom stereocenters. The molecule has 2 aromatic carbocycles. The molecular weight excluding hydrogens is 454 g/mol. The number of carbonyl (C=O) groups is 1. The molecule has 0 spiro atoms. The highest BCUT2D eigenvalue weighted by Gasteiger charge is 2.29. The maximum absolute atomic E-state index is 12.6. The van der Waals surface area contributed by atoms with Gasteiger partial charge >= 0.3 is 0 Å². The molecule has 0 aliphatic carbocycles. The molecule has 5 aromatic rings. The van der Waals surface area contributed by atoms with Crippen LogP contribution in [0, 0.1) is 20.8 Å². The van der Waals surface area contributed by atoms with E-state index in [0.29, 0.717) is 11.6 Å². The largest absolute Gasteiger partial charge is 0.496 e. The third kappa shape index (κ3) is 3.61. The van der Waals surface area contributed by atoms with Gasteiger partial charge in [0.05, 0.1) is 34.9 Å². The second-order valence-corrected chi connectivity index (χ2v) is 9.55. The van der Waals surface area contributed by atoms with Crippen LogP contribution in [0.5, 0.6) is 5.75 Å². The molecule has 0 radical (unpaired) electrons. The molecule has 184 valence electrons. The van der Waals surface area contributed by atoms with Crippen molar-refractivity contribution in [3.8, 4) is 28.1 Å². The van der Waals surface area contributed by atoms with Crippen molar-refractivity contribution in [2.45, 2.75) is 40.0 Å².